The summed E-state index contributed by atoms with van der Waals surface area (Å²) in [6, 6.07) is 0. The maximum Gasteiger partial charge on any atom is 0.0674 e. The third-order valence-electron chi connectivity index (χ3n) is 3.81. The van der Waals surface area contributed by atoms with Gasteiger partial charge in [0.15, 0.2) is 0 Å². The number of ether oxygens (including phenoxy) is 1. The molecule has 0 bridgehead atoms. The highest BCUT2D eigenvalue weighted by atomic mass is 16.5. The number of aliphatic hydroxyl groups is 1. The molecule has 1 rings (SSSR count). The van der Waals surface area contributed by atoms with E-state index in [1.54, 1.807) is 7.11 Å². The lowest BCUT2D eigenvalue weighted by Gasteiger charge is -2.39. The third-order valence-corrected chi connectivity index (χ3v) is 3.81. The summed E-state index contributed by atoms with van der Waals surface area (Å²) in [6.07, 6.45) is 5.27. The number of hydrogen-bond acceptors (Lipinski definition) is 2. The Balaban J connectivity index is 2.40. The Bertz CT molecular complexity index is 160. The van der Waals surface area contributed by atoms with Gasteiger partial charge in [-0.2, -0.15) is 0 Å². The second-order valence-electron chi connectivity index (χ2n) is 4.97. The molecule has 2 heteroatoms. The minimum Gasteiger partial charge on any atom is -0.390 e. The van der Waals surface area contributed by atoms with E-state index in [0.717, 1.165) is 31.8 Å². The zero-order chi connectivity index (χ0) is 10.6. The fraction of sp³-hybridized carbons (Fsp3) is 1.00. The summed E-state index contributed by atoms with van der Waals surface area (Å²) in [6.45, 7) is 5.19. The van der Waals surface area contributed by atoms with Crippen LogP contribution in [0.25, 0.3) is 0 Å². The predicted molar refractivity (Wildman–Crippen MR) is 58.2 cm³/mol. The van der Waals surface area contributed by atoms with Crippen LogP contribution in [0.1, 0.15) is 46.0 Å². The molecule has 0 aliphatic heterocycles. The average molecular weight is 200 g/mol. The second-order valence-corrected chi connectivity index (χ2v) is 4.97. The first-order valence-electron chi connectivity index (χ1n) is 5.80. The molecule has 0 radical (unpaired) electrons. The Hall–Kier alpha value is -0.0800. The lowest BCUT2D eigenvalue weighted by molar-refractivity contribution is -0.0595. The van der Waals surface area contributed by atoms with Gasteiger partial charge >= 0.3 is 0 Å². The van der Waals surface area contributed by atoms with Crippen molar-refractivity contribution in [2.45, 2.75) is 51.6 Å². The summed E-state index contributed by atoms with van der Waals surface area (Å²) in [7, 11) is 1.72. The van der Waals surface area contributed by atoms with E-state index in [4.69, 9.17) is 4.74 Å². The molecule has 2 nitrogen and oxygen atoms in total. The third kappa shape index (κ3) is 2.96. The molecule has 1 saturated carbocycles. The molecule has 0 heterocycles. The summed E-state index contributed by atoms with van der Waals surface area (Å²) in [5.74, 6) is 1.17. The van der Waals surface area contributed by atoms with Gasteiger partial charge < -0.3 is 9.84 Å². The van der Waals surface area contributed by atoms with E-state index >= 15 is 0 Å². The van der Waals surface area contributed by atoms with Crippen LogP contribution < -0.4 is 0 Å². The Morgan fingerprint density at radius 1 is 1.43 bits per heavy atom. The molecule has 1 aliphatic carbocycles. The molecule has 14 heavy (non-hydrogen) atoms. The van der Waals surface area contributed by atoms with Gasteiger partial charge in [0.2, 0.25) is 0 Å². The van der Waals surface area contributed by atoms with E-state index < -0.39 is 5.60 Å². The van der Waals surface area contributed by atoms with Crippen LogP contribution in [0.2, 0.25) is 0 Å². The highest BCUT2D eigenvalue weighted by molar-refractivity contribution is 4.88. The Morgan fingerprint density at radius 3 is 2.50 bits per heavy atom. The van der Waals surface area contributed by atoms with Crippen LogP contribution in [-0.2, 0) is 4.74 Å². The zero-order valence-corrected chi connectivity index (χ0v) is 9.75. The van der Waals surface area contributed by atoms with Gasteiger partial charge in [0.25, 0.3) is 0 Å². The van der Waals surface area contributed by atoms with Crippen molar-refractivity contribution in [1.29, 1.82) is 0 Å². The van der Waals surface area contributed by atoms with Gasteiger partial charge in [-0.25, -0.2) is 0 Å². The first-order valence-corrected chi connectivity index (χ1v) is 5.80. The van der Waals surface area contributed by atoms with Crippen LogP contribution in [0.5, 0.6) is 0 Å². The molecule has 0 spiro atoms. The molecule has 1 unspecified atom stereocenters. The number of methoxy groups -OCH3 is 1. The lowest BCUT2D eigenvalue weighted by Crippen LogP contribution is -2.40. The van der Waals surface area contributed by atoms with E-state index in [1.165, 1.54) is 12.8 Å². The first kappa shape index (κ1) is 12.0. The van der Waals surface area contributed by atoms with Crippen LogP contribution in [0, 0.1) is 11.8 Å². The summed E-state index contributed by atoms with van der Waals surface area (Å²) in [5.41, 5.74) is -0.412. The normalized spacial score (nSPS) is 35.6. The second kappa shape index (κ2) is 5.13. The fourth-order valence-electron chi connectivity index (χ4n) is 2.32. The van der Waals surface area contributed by atoms with E-state index in [2.05, 4.69) is 13.8 Å². The highest BCUT2D eigenvalue weighted by Crippen LogP contribution is 2.38. The van der Waals surface area contributed by atoms with Crippen LogP contribution in [0.4, 0.5) is 0 Å². The van der Waals surface area contributed by atoms with Gasteiger partial charge in [0, 0.05) is 13.7 Å². The molecule has 1 N–H and O–H groups in total. The van der Waals surface area contributed by atoms with E-state index in [1.807, 2.05) is 0 Å². The van der Waals surface area contributed by atoms with Crippen molar-refractivity contribution in [3.63, 3.8) is 0 Å². The van der Waals surface area contributed by atoms with E-state index in [-0.39, 0.29) is 0 Å². The smallest absolute Gasteiger partial charge is 0.0674 e. The SMILES string of the molecule is COCCC(C)C1(O)CCC(C)CC1. The molecule has 84 valence electrons. The summed E-state index contributed by atoms with van der Waals surface area (Å²) in [5, 5.41) is 10.4. The van der Waals surface area contributed by atoms with Crippen LogP contribution in [-0.4, -0.2) is 24.4 Å². The van der Waals surface area contributed by atoms with Gasteiger partial charge in [0.05, 0.1) is 5.60 Å². The molecular weight excluding hydrogens is 176 g/mol. The monoisotopic (exact) mass is 200 g/mol. The predicted octanol–water partition coefficient (Wildman–Crippen LogP) is 2.60. The fourth-order valence-corrected chi connectivity index (χ4v) is 2.32. The first-order chi connectivity index (χ1) is 6.58. The van der Waals surface area contributed by atoms with Crippen molar-refractivity contribution in [2.24, 2.45) is 11.8 Å². The lowest BCUT2D eigenvalue weighted by atomic mass is 9.72. The zero-order valence-electron chi connectivity index (χ0n) is 9.75. The molecule has 1 aliphatic rings. The van der Waals surface area contributed by atoms with Gasteiger partial charge in [-0.05, 0) is 43.9 Å². The van der Waals surface area contributed by atoms with Crippen molar-refractivity contribution in [1.82, 2.24) is 0 Å². The van der Waals surface area contributed by atoms with Crippen LogP contribution in [0.3, 0.4) is 0 Å². The van der Waals surface area contributed by atoms with Gasteiger partial charge in [-0.1, -0.05) is 13.8 Å². The number of hydrogen-bond donors (Lipinski definition) is 1. The molecule has 0 amide bonds. The number of rotatable bonds is 4. The molecule has 0 aromatic heterocycles. The molecule has 0 saturated heterocycles. The maximum atomic E-state index is 10.4. The van der Waals surface area contributed by atoms with Crippen LogP contribution in [0.15, 0.2) is 0 Å². The molecular formula is C12H24O2. The molecule has 0 aromatic carbocycles. The Morgan fingerprint density at radius 2 is 2.00 bits per heavy atom. The molecule has 0 aromatic rings. The van der Waals surface area contributed by atoms with E-state index in [9.17, 15) is 5.11 Å². The molecule has 1 atom stereocenters. The quantitative estimate of drug-likeness (QED) is 0.756. The molecule has 1 fully saturated rings. The van der Waals surface area contributed by atoms with E-state index in [0.29, 0.717) is 5.92 Å². The van der Waals surface area contributed by atoms with Crippen molar-refractivity contribution < 1.29 is 9.84 Å². The minimum absolute atomic E-state index is 0.370. The van der Waals surface area contributed by atoms with Crippen molar-refractivity contribution >= 4 is 0 Å². The van der Waals surface area contributed by atoms with Gasteiger partial charge in [-0.3, -0.25) is 0 Å². The van der Waals surface area contributed by atoms with Gasteiger partial charge in [-0.15, -0.1) is 0 Å². The van der Waals surface area contributed by atoms with Crippen molar-refractivity contribution in [2.75, 3.05) is 13.7 Å². The Kier molecular flexibility index (Phi) is 4.39. The summed E-state index contributed by atoms with van der Waals surface area (Å²) >= 11 is 0. The van der Waals surface area contributed by atoms with Gasteiger partial charge in [0.1, 0.15) is 0 Å². The summed E-state index contributed by atoms with van der Waals surface area (Å²) in [4.78, 5) is 0. The van der Waals surface area contributed by atoms with Crippen LogP contribution >= 0.6 is 0 Å². The standard InChI is InChI=1S/C12H24O2/c1-10-4-7-12(13,8-5-10)11(2)6-9-14-3/h10-11,13H,4-9H2,1-3H3. The van der Waals surface area contributed by atoms with Crippen molar-refractivity contribution in [3.8, 4) is 0 Å². The Labute approximate surface area is 87.7 Å². The maximum absolute atomic E-state index is 10.4. The summed E-state index contributed by atoms with van der Waals surface area (Å²) < 4.78 is 5.06. The highest BCUT2D eigenvalue weighted by Gasteiger charge is 2.36. The average Bonchev–Trinajstić information content (AvgIpc) is 2.19. The largest absolute Gasteiger partial charge is 0.390 e. The topological polar surface area (TPSA) is 29.5 Å². The minimum atomic E-state index is -0.412. The van der Waals surface area contributed by atoms with Crippen molar-refractivity contribution in [3.05, 3.63) is 0 Å².